The monoisotopic (exact) mass is 570 g/mol. The molecule has 0 radical (unpaired) electrons. The molecular weight excluding hydrogens is 552 g/mol. The molecule has 3 aromatic rings. The fraction of sp³-hybridized carbons (Fsp3) is 0.174. The molecule has 3 rings (SSSR count). The number of ether oxygens (including phenoxy) is 2. The van der Waals surface area contributed by atoms with Crippen molar-refractivity contribution in [1.29, 1.82) is 0 Å². The van der Waals surface area contributed by atoms with Crippen LogP contribution in [0, 0.1) is 27.5 Å². The van der Waals surface area contributed by atoms with Gasteiger partial charge in [-0.05, 0) is 77.9 Å². The van der Waals surface area contributed by atoms with Crippen LogP contribution in [0.1, 0.15) is 22.3 Å². The lowest BCUT2D eigenvalue weighted by molar-refractivity contribution is -0.385. The van der Waals surface area contributed by atoms with Gasteiger partial charge in [0.15, 0.2) is 11.5 Å². The summed E-state index contributed by atoms with van der Waals surface area (Å²) in [5.74, 6) is 0.0590. The van der Waals surface area contributed by atoms with Crippen molar-refractivity contribution in [2.24, 2.45) is 4.99 Å². The van der Waals surface area contributed by atoms with Gasteiger partial charge in [-0.15, -0.1) is 0 Å². The van der Waals surface area contributed by atoms with E-state index in [2.05, 4.69) is 4.99 Å². The molecule has 6 nitrogen and oxygen atoms in total. The summed E-state index contributed by atoms with van der Waals surface area (Å²) in [6.07, 6.45) is -3.07. The van der Waals surface area contributed by atoms with Crippen molar-refractivity contribution >= 4 is 40.2 Å². The highest BCUT2D eigenvalue weighted by Gasteiger charge is 2.33. The Kier molecular flexibility index (Phi) is 7.25. The van der Waals surface area contributed by atoms with E-state index in [1.54, 1.807) is 18.3 Å². The third kappa shape index (κ3) is 5.81. The minimum absolute atomic E-state index is 0.143. The fourth-order valence-corrected chi connectivity index (χ4v) is 3.78. The standard InChI is InChI=1S/C23H18F3IN2O4/c1-13-4-6-18(14(2)8-13)28-12-15-9-17(27)22(21(10-15)32-3)33-20-7-5-16(23(24,25)26)11-19(20)29(30)31/h4-12H,1-3H3. The Hall–Kier alpha value is -3.15. The quantitative estimate of drug-likeness (QED) is 0.134. The van der Waals surface area contributed by atoms with Crippen LogP contribution in [0.25, 0.3) is 0 Å². The van der Waals surface area contributed by atoms with Crippen molar-refractivity contribution in [3.05, 3.63) is 84.5 Å². The lowest BCUT2D eigenvalue weighted by Gasteiger charge is -2.14. The van der Waals surface area contributed by atoms with Crippen molar-refractivity contribution in [3.8, 4) is 17.2 Å². The number of hydrogen-bond acceptors (Lipinski definition) is 5. The summed E-state index contributed by atoms with van der Waals surface area (Å²) in [7, 11) is 1.39. The van der Waals surface area contributed by atoms with Gasteiger partial charge in [-0.3, -0.25) is 15.1 Å². The average molecular weight is 570 g/mol. The topological polar surface area (TPSA) is 74.0 Å². The minimum atomic E-state index is -4.72. The molecule has 0 aromatic heterocycles. The van der Waals surface area contributed by atoms with Crippen LogP contribution in [0.15, 0.2) is 53.5 Å². The van der Waals surface area contributed by atoms with Crippen molar-refractivity contribution in [2.75, 3.05) is 7.11 Å². The Bertz CT molecular complexity index is 1240. The van der Waals surface area contributed by atoms with Gasteiger partial charge in [-0.1, -0.05) is 17.7 Å². The molecule has 0 spiro atoms. The lowest BCUT2D eigenvalue weighted by Crippen LogP contribution is -2.06. The maximum absolute atomic E-state index is 13.0. The predicted molar refractivity (Wildman–Crippen MR) is 127 cm³/mol. The molecule has 0 saturated heterocycles. The number of nitrogens with zero attached hydrogens (tertiary/aromatic N) is 2. The first-order valence-corrected chi connectivity index (χ1v) is 10.6. The van der Waals surface area contributed by atoms with Crippen LogP contribution in [-0.4, -0.2) is 18.2 Å². The first kappa shape index (κ1) is 24.5. The van der Waals surface area contributed by atoms with Gasteiger partial charge < -0.3 is 9.47 Å². The molecule has 0 fully saturated rings. The van der Waals surface area contributed by atoms with E-state index in [0.29, 0.717) is 15.2 Å². The number of aliphatic imine (C=N–C) groups is 1. The van der Waals surface area contributed by atoms with Gasteiger partial charge in [0, 0.05) is 12.3 Å². The van der Waals surface area contributed by atoms with Gasteiger partial charge in [0.05, 0.1) is 26.9 Å². The van der Waals surface area contributed by atoms with Gasteiger partial charge >= 0.3 is 11.9 Å². The summed E-state index contributed by atoms with van der Waals surface area (Å²) >= 11 is 1.96. The molecule has 0 aliphatic heterocycles. The zero-order chi connectivity index (χ0) is 24.3. The second-order valence-corrected chi connectivity index (χ2v) is 8.28. The number of benzene rings is 3. The van der Waals surface area contributed by atoms with E-state index in [9.17, 15) is 23.3 Å². The van der Waals surface area contributed by atoms with Gasteiger partial charge in [-0.2, -0.15) is 13.2 Å². The molecule has 0 bridgehead atoms. The molecule has 10 heteroatoms. The van der Waals surface area contributed by atoms with Crippen LogP contribution in [0.2, 0.25) is 0 Å². The molecule has 172 valence electrons. The van der Waals surface area contributed by atoms with E-state index in [-0.39, 0.29) is 17.2 Å². The Morgan fingerprint density at radius 1 is 1.06 bits per heavy atom. The minimum Gasteiger partial charge on any atom is -0.493 e. The number of hydrogen-bond donors (Lipinski definition) is 0. The van der Waals surface area contributed by atoms with Crippen molar-refractivity contribution in [3.63, 3.8) is 0 Å². The third-order valence-corrected chi connectivity index (χ3v) is 5.45. The smallest absolute Gasteiger partial charge is 0.416 e. The number of alkyl halides is 3. The maximum Gasteiger partial charge on any atom is 0.416 e. The van der Waals surface area contributed by atoms with Crippen LogP contribution >= 0.6 is 22.6 Å². The predicted octanol–water partition coefficient (Wildman–Crippen LogP) is 7.39. The molecule has 0 atom stereocenters. The number of methoxy groups -OCH3 is 1. The lowest BCUT2D eigenvalue weighted by atomic mass is 10.1. The summed E-state index contributed by atoms with van der Waals surface area (Å²) in [4.78, 5) is 14.9. The molecule has 0 N–H and O–H groups in total. The summed E-state index contributed by atoms with van der Waals surface area (Å²) < 4.78 is 50.4. The first-order chi connectivity index (χ1) is 15.5. The van der Waals surface area contributed by atoms with Crippen LogP contribution in [0.4, 0.5) is 24.5 Å². The number of rotatable bonds is 6. The van der Waals surface area contributed by atoms with Gasteiger partial charge in [0.2, 0.25) is 5.75 Å². The first-order valence-electron chi connectivity index (χ1n) is 9.52. The van der Waals surface area contributed by atoms with Crippen LogP contribution in [0.3, 0.4) is 0 Å². The number of nitro benzene ring substituents is 1. The van der Waals surface area contributed by atoms with E-state index in [1.165, 1.54) is 7.11 Å². The SMILES string of the molecule is COc1cc(C=Nc2ccc(C)cc2C)cc(I)c1Oc1ccc(C(F)(F)F)cc1[N+](=O)[O-]. The van der Waals surface area contributed by atoms with E-state index < -0.39 is 22.4 Å². The van der Waals surface area contributed by atoms with Crippen molar-refractivity contribution in [2.45, 2.75) is 20.0 Å². The van der Waals surface area contributed by atoms with E-state index >= 15 is 0 Å². The Labute approximate surface area is 201 Å². The zero-order valence-electron chi connectivity index (χ0n) is 17.7. The van der Waals surface area contributed by atoms with Gasteiger partial charge in [0.1, 0.15) is 0 Å². The molecule has 0 heterocycles. The van der Waals surface area contributed by atoms with Gasteiger partial charge in [-0.25, -0.2) is 0 Å². The number of halogens is 4. The highest BCUT2D eigenvalue weighted by Crippen LogP contribution is 2.42. The molecule has 3 aromatic carbocycles. The summed E-state index contributed by atoms with van der Waals surface area (Å²) in [6, 6.07) is 11.3. The highest BCUT2D eigenvalue weighted by molar-refractivity contribution is 14.1. The van der Waals surface area contributed by atoms with Gasteiger partial charge in [0.25, 0.3) is 0 Å². The van der Waals surface area contributed by atoms with E-state index in [0.717, 1.165) is 28.9 Å². The third-order valence-electron chi connectivity index (χ3n) is 4.65. The summed E-state index contributed by atoms with van der Waals surface area (Å²) in [5.41, 5.74) is 1.69. The molecular formula is C23H18F3IN2O4. The van der Waals surface area contributed by atoms with Crippen LogP contribution in [0.5, 0.6) is 17.2 Å². The largest absolute Gasteiger partial charge is 0.493 e. The molecule has 0 saturated carbocycles. The Balaban J connectivity index is 1.97. The normalized spacial score (nSPS) is 11.6. The van der Waals surface area contributed by atoms with Crippen molar-refractivity contribution < 1.29 is 27.6 Å². The Morgan fingerprint density at radius 2 is 1.79 bits per heavy atom. The van der Waals surface area contributed by atoms with E-state index in [4.69, 9.17) is 9.47 Å². The molecule has 0 unspecified atom stereocenters. The Morgan fingerprint density at radius 3 is 2.39 bits per heavy atom. The fourth-order valence-electron chi connectivity index (χ4n) is 3.04. The molecule has 0 aliphatic carbocycles. The number of nitro groups is 1. The maximum atomic E-state index is 13.0. The van der Waals surface area contributed by atoms with Crippen LogP contribution in [-0.2, 0) is 6.18 Å². The average Bonchev–Trinajstić information content (AvgIpc) is 2.73. The molecule has 0 amide bonds. The second kappa shape index (κ2) is 9.77. The zero-order valence-corrected chi connectivity index (χ0v) is 19.9. The highest BCUT2D eigenvalue weighted by atomic mass is 127. The molecule has 0 aliphatic rings. The summed E-state index contributed by atoms with van der Waals surface area (Å²) in [6.45, 7) is 3.95. The second-order valence-electron chi connectivity index (χ2n) is 7.12. The van der Waals surface area contributed by atoms with Crippen molar-refractivity contribution in [1.82, 2.24) is 0 Å². The number of aryl methyl sites for hydroxylation is 2. The van der Waals surface area contributed by atoms with E-state index in [1.807, 2.05) is 54.6 Å². The summed E-state index contributed by atoms with van der Waals surface area (Å²) in [5, 5.41) is 11.4. The molecule has 33 heavy (non-hydrogen) atoms. The van der Waals surface area contributed by atoms with Crippen LogP contribution < -0.4 is 9.47 Å².